The first-order valence-electron chi connectivity index (χ1n) is 13.6. The summed E-state index contributed by atoms with van der Waals surface area (Å²) in [5.41, 5.74) is 5.13. The summed E-state index contributed by atoms with van der Waals surface area (Å²) in [7, 11) is 4.09. The van der Waals surface area contributed by atoms with E-state index in [-0.39, 0.29) is 23.7 Å². The highest BCUT2D eigenvalue weighted by molar-refractivity contribution is 6.31. The topological polar surface area (TPSA) is 49.8 Å². The molecule has 1 heterocycles. The maximum Gasteiger partial charge on any atom is 0.137 e. The van der Waals surface area contributed by atoms with Gasteiger partial charge in [0, 0.05) is 55.4 Å². The second-order valence-corrected chi connectivity index (χ2v) is 12.2. The van der Waals surface area contributed by atoms with Gasteiger partial charge in [-0.05, 0) is 72.2 Å². The number of ketones is 1. The molecule has 6 rings (SSSR count). The molecule has 4 aliphatic rings. The Hall–Kier alpha value is -3.00. The minimum absolute atomic E-state index is 0.0797. The van der Waals surface area contributed by atoms with E-state index in [0.29, 0.717) is 24.3 Å². The van der Waals surface area contributed by atoms with Crippen molar-refractivity contribution in [1.82, 2.24) is 0 Å². The van der Waals surface area contributed by atoms with Crippen molar-refractivity contribution < 1.29 is 14.6 Å². The van der Waals surface area contributed by atoms with Crippen molar-refractivity contribution in [3.63, 3.8) is 0 Å². The molecule has 4 nitrogen and oxygen atoms in total. The fourth-order valence-electron chi connectivity index (χ4n) is 7.25. The summed E-state index contributed by atoms with van der Waals surface area (Å²) in [4.78, 5) is 14.4. The zero-order valence-corrected chi connectivity index (χ0v) is 23.0. The van der Waals surface area contributed by atoms with Crippen LogP contribution in [-0.2, 0) is 9.53 Å². The van der Waals surface area contributed by atoms with Gasteiger partial charge in [0.2, 0.25) is 0 Å². The highest BCUT2D eigenvalue weighted by atomic mass is 35.5. The number of allylic oxidation sites excluding steroid dienone is 2. The summed E-state index contributed by atoms with van der Waals surface area (Å²) >= 11 is 6.39. The van der Waals surface area contributed by atoms with Gasteiger partial charge < -0.3 is 14.7 Å². The third-order valence-corrected chi connectivity index (χ3v) is 9.81. The lowest BCUT2D eigenvalue weighted by atomic mass is 9.55. The van der Waals surface area contributed by atoms with Crippen LogP contribution in [0.15, 0.2) is 71.5 Å². The third kappa shape index (κ3) is 3.99. The van der Waals surface area contributed by atoms with E-state index < -0.39 is 11.0 Å². The van der Waals surface area contributed by atoms with Gasteiger partial charge in [-0.25, -0.2) is 0 Å². The van der Waals surface area contributed by atoms with Crippen LogP contribution in [0.2, 0.25) is 5.02 Å². The van der Waals surface area contributed by atoms with E-state index >= 15 is 0 Å². The van der Waals surface area contributed by atoms with Gasteiger partial charge in [-0.2, -0.15) is 0 Å². The number of fused-ring (bicyclic) bond motifs is 4. The number of nitrogens with zero attached hydrogens (tertiary/aromatic N) is 1. The molecule has 0 aromatic heterocycles. The number of aliphatic hydroxyl groups is 1. The Labute approximate surface area is 230 Å². The molecule has 5 atom stereocenters. The number of carbonyl (C=O) groups is 1. The van der Waals surface area contributed by atoms with Crippen LogP contribution in [0.4, 0.5) is 5.69 Å². The van der Waals surface area contributed by atoms with Gasteiger partial charge in [-0.1, -0.05) is 54.6 Å². The fourth-order valence-corrected chi connectivity index (χ4v) is 7.43. The van der Waals surface area contributed by atoms with Crippen molar-refractivity contribution in [3.8, 4) is 11.8 Å². The van der Waals surface area contributed by atoms with Crippen LogP contribution in [0.5, 0.6) is 0 Å². The molecule has 3 fully saturated rings. The van der Waals surface area contributed by atoms with Gasteiger partial charge in [0.25, 0.3) is 0 Å². The van der Waals surface area contributed by atoms with Crippen LogP contribution in [0.3, 0.4) is 0 Å². The highest BCUT2D eigenvalue weighted by Crippen LogP contribution is 2.64. The van der Waals surface area contributed by atoms with Crippen LogP contribution >= 0.6 is 11.6 Å². The number of hydrogen-bond acceptors (Lipinski definition) is 4. The Balaban J connectivity index is 1.45. The largest absolute Gasteiger partial charge is 0.493 e. The fraction of sp³-hybridized carbons (Fsp3) is 0.424. The highest BCUT2D eigenvalue weighted by Gasteiger charge is 2.63. The molecule has 1 N–H and O–H groups in total. The number of Topliss-reactive ketones (excluding diaryl/α,β-unsaturated/α-hetero) is 1. The SMILES string of the molecule is CN(C)c1ccc([C@H]2C[C@@]3(C)[C@@H](CC[C@@]3(O)C#Cc3ccccc3Cl)[C@@H]3OC=C4CC(=O)CCC4=C32)cc1. The Kier molecular flexibility index (Phi) is 6.21. The van der Waals surface area contributed by atoms with Crippen molar-refractivity contribution in [1.29, 1.82) is 0 Å². The quantitative estimate of drug-likeness (QED) is 0.457. The smallest absolute Gasteiger partial charge is 0.137 e. The molecule has 0 amide bonds. The Morgan fingerprint density at radius 2 is 1.87 bits per heavy atom. The minimum Gasteiger partial charge on any atom is -0.493 e. The lowest BCUT2D eigenvalue weighted by molar-refractivity contribution is -0.119. The molecular weight excluding hydrogens is 494 g/mol. The summed E-state index contributed by atoms with van der Waals surface area (Å²) < 4.78 is 6.51. The molecule has 0 unspecified atom stereocenters. The number of rotatable bonds is 2. The zero-order valence-electron chi connectivity index (χ0n) is 22.3. The van der Waals surface area contributed by atoms with Crippen molar-refractivity contribution >= 4 is 23.1 Å². The van der Waals surface area contributed by atoms with Crippen molar-refractivity contribution in [3.05, 3.63) is 87.7 Å². The normalized spacial score (nSPS) is 31.8. The molecule has 0 saturated heterocycles. The van der Waals surface area contributed by atoms with Gasteiger partial charge in [-0.15, -0.1) is 0 Å². The van der Waals surface area contributed by atoms with Crippen molar-refractivity contribution in [2.24, 2.45) is 11.3 Å². The average Bonchev–Trinajstić information content (AvgIpc) is 3.17. The monoisotopic (exact) mass is 527 g/mol. The number of halogens is 1. The second-order valence-electron chi connectivity index (χ2n) is 11.7. The minimum atomic E-state index is -1.16. The first-order chi connectivity index (χ1) is 18.2. The van der Waals surface area contributed by atoms with Crippen molar-refractivity contribution in [2.75, 3.05) is 19.0 Å². The number of anilines is 1. The van der Waals surface area contributed by atoms with Crippen LogP contribution in [0, 0.1) is 23.2 Å². The Bertz CT molecular complexity index is 1410. The van der Waals surface area contributed by atoms with Crippen LogP contribution in [0.25, 0.3) is 0 Å². The van der Waals surface area contributed by atoms with Gasteiger partial charge in [0.05, 0.1) is 11.3 Å². The first kappa shape index (κ1) is 25.3. The zero-order chi connectivity index (χ0) is 26.7. The standard InChI is InChI=1S/C33H34ClNO3/c1-32-19-27(21-8-10-24(11-9-21)35(2)3)30-26-13-12-25(36)18-23(26)20-38-31(30)28(32)15-17-33(32,37)16-14-22-6-4-5-7-29(22)34/h4-11,20,27-28,31,37H,12-13,15,17-19H2,1-3H3/t27-,28+,31+,32+,33+/m1/s1. The van der Waals surface area contributed by atoms with Gasteiger partial charge >= 0.3 is 0 Å². The molecule has 5 heteroatoms. The lowest BCUT2D eigenvalue weighted by Gasteiger charge is -2.52. The van der Waals surface area contributed by atoms with Crippen LogP contribution < -0.4 is 4.90 Å². The molecule has 2 aromatic carbocycles. The summed E-state index contributed by atoms with van der Waals surface area (Å²) in [6, 6.07) is 16.3. The van der Waals surface area contributed by atoms with Crippen molar-refractivity contribution in [2.45, 2.75) is 63.1 Å². The van der Waals surface area contributed by atoms with E-state index in [0.717, 1.165) is 36.1 Å². The molecule has 196 valence electrons. The maximum absolute atomic E-state index is 12.3. The van der Waals surface area contributed by atoms with E-state index in [1.165, 1.54) is 16.7 Å². The summed E-state index contributed by atoms with van der Waals surface area (Å²) in [6.07, 6.45) is 5.71. The molecule has 0 spiro atoms. The molecular formula is C33H34ClNO3. The summed E-state index contributed by atoms with van der Waals surface area (Å²) in [5.74, 6) is 6.99. The summed E-state index contributed by atoms with van der Waals surface area (Å²) in [6.45, 7) is 2.20. The number of hydrogen-bond donors (Lipinski definition) is 1. The predicted molar refractivity (Wildman–Crippen MR) is 151 cm³/mol. The molecule has 0 bridgehead atoms. The number of ether oxygens (including phenoxy) is 1. The molecule has 38 heavy (non-hydrogen) atoms. The van der Waals surface area contributed by atoms with E-state index in [2.05, 4.69) is 47.9 Å². The van der Waals surface area contributed by atoms with Crippen LogP contribution in [0.1, 0.15) is 62.5 Å². The second kappa shape index (κ2) is 9.33. The first-order valence-corrected chi connectivity index (χ1v) is 13.9. The lowest BCUT2D eigenvalue weighted by Crippen LogP contribution is -2.53. The number of benzene rings is 2. The Morgan fingerprint density at radius 1 is 1.11 bits per heavy atom. The van der Waals surface area contributed by atoms with E-state index in [4.69, 9.17) is 16.3 Å². The van der Waals surface area contributed by atoms with E-state index in [1.54, 1.807) is 0 Å². The van der Waals surface area contributed by atoms with Gasteiger partial charge in [0.15, 0.2) is 0 Å². The number of carbonyl (C=O) groups excluding carboxylic acids is 1. The van der Waals surface area contributed by atoms with Gasteiger partial charge in [0.1, 0.15) is 17.5 Å². The Morgan fingerprint density at radius 3 is 2.61 bits per heavy atom. The molecule has 3 saturated carbocycles. The van der Waals surface area contributed by atoms with Crippen LogP contribution in [-0.4, -0.2) is 36.7 Å². The molecule has 1 aliphatic heterocycles. The maximum atomic E-state index is 12.3. The molecule has 3 aliphatic carbocycles. The average molecular weight is 528 g/mol. The predicted octanol–water partition coefficient (Wildman–Crippen LogP) is 6.42. The van der Waals surface area contributed by atoms with E-state index in [9.17, 15) is 9.90 Å². The van der Waals surface area contributed by atoms with E-state index in [1.807, 2.05) is 44.6 Å². The third-order valence-electron chi connectivity index (χ3n) is 9.48. The molecule has 2 aromatic rings. The van der Waals surface area contributed by atoms with Gasteiger partial charge in [-0.3, -0.25) is 4.79 Å². The molecule has 0 radical (unpaired) electrons. The summed E-state index contributed by atoms with van der Waals surface area (Å²) in [5, 5.41) is 12.8.